The number of anilines is 1. The molecule has 0 heterocycles. The van der Waals surface area contributed by atoms with Crippen LogP contribution in [0.1, 0.15) is 12.0 Å². The second-order valence-electron chi connectivity index (χ2n) is 3.99. The minimum absolute atomic E-state index is 0.107. The van der Waals surface area contributed by atoms with E-state index in [1.54, 1.807) is 6.07 Å². The van der Waals surface area contributed by atoms with Gasteiger partial charge in [0.25, 0.3) is 0 Å². The number of nitriles is 1. The van der Waals surface area contributed by atoms with Gasteiger partial charge in [0.1, 0.15) is 23.2 Å². The van der Waals surface area contributed by atoms with Crippen molar-refractivity contribution >= 4 is 5.69 Å². The maximum Gasteiger partial charge on any atom is 0.146 e. The van der Waals surface area contributed by atoms with Gasteiger partial charge in [0.05, 0.1) is 12.3 Å². The van der Waals surface area contributed by atoms with E-state index in [1.807, 2.05) is 19.0 Å². The van der Waals surface area contributed by atoms with E-state index >= 15 is 0 Å². The summed E-state index contributed by atoms with van der Waals surface area (Å²) in [6.07, 6.45) is 0.842. The van der Waals surface area contributed by atoms with Gasteiger partial charge in [0.15, 0.2) is 0 Å². The molecule has 0 saturated heterocycles. The molecule has 0 atom stereocenters. The van der Waals surface area contributed by atoms with Gasteiger partial charge in [0, 0.05) is 18.7 Å². The van der Waals surface area contributed by atoms with Crippen molar-refractivity contribution in [2.45, 2.75) is 6.42 Å². The first-order valence-corrected chi connectivity index (χ1v) is 5.31. The Kier molecular flexibility index (Phi) is 4.73. The molecule has 0 spiro atoms. The van der Waals surface area contributed by atoms with Gasteiger partial charge in [-0.1, -0.05) is 0 Å². The van der Waals surface area contributed by atoms with Crippen LogP contribution in [0.2, 0.25) is 0 Å². The molecule has 0 bridgehead atoms. The van der Waals surface area contributed by atoms with Gasteiger partial charge in [-0.15, -0.1) is 0 Å². The Bertz CT molecular complexity index is 403. The van der Waals surface area contributed by atoms with Gasteiger partial charge < -0.3 is 15.4 Å². The number of rotatable bonds is 5. The van der Waals surface area contributed by atoms with E-state index in [1.165, 1.54) is 12.1 Å². The third kappa shape index (κ3) is 3.93. The summed E-state index contributed by atoms with van der Waals surface area (Å²) in [5.74, 6) is -0.284. The smallest absolute Gasteiger partial charge is 0.146 e. The zero-order valence-electron chi connectivity index (χ0n) is 10.0. The number of ether oxygens (including phenoxy) is 1. The van der Waals surface area contributed by atoms with Crippen LogP contribution in [0.25, 0.3) is 0 Å². The first-order valence-electron chi connectivity index (χ1n) is 5.31. The normalized spacial score (nSPS) is 10.3. The van der Waals surface area contributed by atoms with Gasteiger partial charge >= 0.3 is 0 Å². The number of nitrogens with zero attached hydrogens (tertiary/aromatic N) is 2. The fraction of sp³-hybridized carbons (Fsp3) is 0.417. The maximum atomic E-state index is 13.4. The van der Waals surface area contributed by atoms with Gasteiger partial charge in [-0.05, 0) is 20.5 Å². The highest BCUT2D eigenvalue weighted by molar-refractivity contribution is 5.57. The summed E-state index contributed by atoms with van der Waals surface area (Å²) in [5, 5.41) is 8.65. The molecule has 1 rings (SSSR count). The summed E-state index contributed by atoms with van der Waals surface area (Å²) in [4.78, 5) is 2.04. The summed E-state index contributed by atoms with van der Waals surface area (Å²) in [5.41, 5.74) is 5.51. The van der Waals surface area contributed by atoms with Crippen molar-refractivity contribution in [3.05, 3.63) is 23.5 Å². The number of nitrogens with two attached hydrogens (primary N) is 1. The highest BCUT2D eigenvalue weighted by Crippen LogP contribution is 2.22. The van der Waals surface area contributed by atoms with Crippen molar-refractivity contribution in [3.63, 3.8) is 0 Å². The van der Waals surface area contributed by atoms with Crippen molar-refractivity contribution < 1.29 is 9.13 Å². The van der Waals surface area contributed by atoms with Crippen LogP contribution in [0, 0.1) is 17.1 Å². The lowest BCUT2D eigenvalue weighted by molar-refractivity contribution is 0.280. The molecule has 0 amide bonds. The first-order chi connectivity index (χ1) is 8.04. The molecule has 92 valence electrons. The summed E-state index contributed by atoms with van der Waals surface area (Å²) in [7, 11) is 3.94. The van der Waals surface area contributed by atoms with Crippen molar-refractivity contribution in [2.24, 2.45) is 0 Å². The predicted octanol–water partition coefficient (Wildman–Crippen LogP) is 1.61. The molecule has 0 radical (unpaired) electrons. The zero-order chi connectivity index (χ0) is 12.8. The standard InChI is InChI=1S/C12H16FN3O/c1-16(2)4-3-5-17-9-6-11(13)10(8-14)12(15)7-9/h6-7H,3-5,15H2,1-2H3. The van der Waals surface area contributed by atoms with Crippen LogP contribution in [0.15, 0.2) is 12.1 Å². The lowest BCUT2D eigenvalue weighted by Gasteiger charge is -2.11. The molecule has 0 aliphatic heterocycles. The second-order valence-corrected chi connectivity index (χ2v) is 3.99. The molecule has 17 heavy (non-hydrogen) atoms. The Labute approximate surface area is 100 Å². The average molecular weight is 237 g/mol. The highest BCUT2D eigenvalue weighted by atomic mass is 19.1. The third-order valence-corrected chi connectivity index (χ3v) is 2.22. The molecule has 0 aliphatic rings. The van der Waals surface area contributed by atoms with Crippen LogP contribution >= 0.6 is 0 Å². The molecular weight excluding hydrogens is 221 g/mol. The van der Waals surface area contributed by atoms with Crippen molar-refractivity contribution in [1.29, 1.82) is 5.26 Å². The van der Waals surface area contributed by atoms with Gasteiger partial charge in [-0.2, -0.15) is 5.26 Å². The summed E-state index contributed by atoms with van der Waals surface area (Å²) in [6.45, 7) is 1.39. The van der Waals surface area contributed by atoms with Crippen molar-refractivity contribution in [2.75, 3.05) is 33.0 Å². The molecule has 4 nitrogen and oxygen atoms in total. The van der Waals surface area contributed by atoms with Gasteiger partial charge in [0.2, 0.25) is 0 Å². The Balaban J connectivity index is 2.59. The molecule has 0 aromatic heterocycles. The molecule has 5 heteroatoms. The number of nitrogen functional groups attached to an aromatic ring is 1. The lowest BCUT2D eigenvalue weighted by atomic mass is 10.2. The van der Waals surface area contributed by atoms with E-state index in [9.17, 15) is 4.39 Å². The van der Waals surface area contributed by atoms with Crippen LogP contribution in [0.4, 0.5) is 10.1 Å². The summed E-state index contributed by atoms with van der Waals surface area (Å²) in [6, 6.07) is 4.37. The van der Waals surface area contributed by atoms with Crippen LogP contribution < -0.4 is 10.5 Å². The molecule has 0 unspecified atom stereocenters. The number of hydrogen-bond acceptors (Lipinski definition) is 4. The maximum absolute atomic E-state index is 13.4. The van der Waals surface area contributed by atoms with E-state index in [-0.39, 0.29) is 11.3 Å². The topological polar surface area (TPSA) is 62.3 Å². The van der Waals surface area contributed by atoms with E-state index in [0.29, 0.717) is 12.4 Å². The predicted molar refractivity (Wildman–Crippen MR) is 64.2 cm³/mol. The Morgan fingerprint density at radius 2 is 2.18 bits per heavy atom. The molecular formula is C12H16FN3O. The molecule has 1 aromatic carbocycles. The second kappa shape index (κ2) is 6.06. The number of hydrogen-bond donors (Lipinski definition) is 1. The fourth-order valence-electron chi connectivity index (χ4n) is 1.37. The molecule has 2 N–H and O–H groups in total. The summed E-state index contributed by atoms with van der Waals surface area (Å²) >= 11 is 0. The van der Waals surface area contributed by atoms with Crippen LogP contribution in [0.5, 0.6) is 5.75 Å². The molecule has 0 saturated carbocycles. The van der Waals surface area contributed by atoms with E-state index in [0.717, 1.165) is 13.0 Å². The molecule has 1 aromatic rings. The first kappa shape index (κ1) is 13.3. The van der Waals surface area contributed by atoms with E-state index < -0.39 is 5.82 Å². The third-order valence-electron chi connectivity index (χ3n) is 2.22. The summed E-state index contributed by atoms with van der Waals surface area (Å²) < 4.78 is 18.7. The van der Waals surface area contributed by atoms with Gasteiger partial charge in [-0.25, -0.2) is 4.39 Å². The molecule has 0 aliphatic carbocycles. The van der Waals surface area contributed by atoms with Gasteiger partial charge in [-0.3, -0.25) is 0 Å². The highest BCUT2D eigenvalue weighted by Gasteiger charge is 2.08. The lowest BCUT2D eigenvalue weighted by Crippen LogP contribution is -2.15. The number of halogens is 1. The van der Waals surface area contributed by atoms with E-state index in [4.69, 9.17) is 15.7 Å². The Hall–Kier alpha value is -1.80. The van der Waals surface area contributed by atoms with Crippen LogP contribution in [-0.2, 0) is 0 Å². The largest absolute Gasteiger partial charge is 0.493 e. The zero-order valence-corrected chi connectivity index (χ0v) is 10.0. The minimum atomic E-state index is -0.643. The average Bonchev–Trinajstić information content (AvgIpc) is 2.24. The SMILES string of the molecule is CN(C)CCCOc1cc(N)c(C#N)c(F)c1. The fourth-order valence-corrected chi connectivity index (χ4v) is 1.37. The van der Waals surface area contributed by atoms with E-state index in [2.05, 4.69) is 0 Å². The van der Waals surface area contributed by atoms with Crippen LogP contribution in [-0.4, -0.2) is 32.1 Å². The minimum Gasteiger partial charge on any atom is -0.493 e. The Morgan fingerprint density at radius 3 is 2.71 bits per heavy atom. The van der Waals surface area contributed by atoms with Crippen LogP contribution in [0.3, 0.4) is 0 Å². The Morgan fingerprint density at radius 1 is 1.47 bits per heavy atom. The van der Waals surface area contributed by atoms with Crippen molar-refractivity contribution in [3.8, 4) is 11.8 Å². The molecule has 0 fully saturated rings. The number of benzene rings is 1. The van der Waals surface area contributed by atoms with Crippen molar-refractivity contribution in [1.82, 2.24) is 4.90 Å². The quantitative estimate of drug-likeness (QED) is 0.624. The monoisotopic (exact) mass is 237 g/mol.